The number of ether oxygens (including phenoxy) is 2. The molecule has 0 fully saturated rings. The number of rotatable bonds is 9. The molecule has 0 saturated carbocycles. The van der Waals surface area contributed by atoms with Crippen LogP contribution < -0.4 is 5.32 Å². The lowest BCUT2D eigenvalue weighted by Crippen LogP contribution is -2.18. The first-order chi connectivity index (χ1) is 8.61. The van der Waals surface area contributed by atoms with E-state index in [1.807, 2.05) is 18.3 Å². The lowest BCUT2D eigenvalue weighted by Gasteiger charge is -2.10. The van der Waals surface area contributed by atoms with E-state index in [9.17, 15) is 0 Å². The lowest BCUT2D eigenvalue weighted by atomic mass is 10.2. The minimum absolute atomic E-state index is 0.152. The van der Waals surface area contributed by atoms with Crippen molar-refractivity contribution >= 4 is 11.3 Å². The summed E-state index contributed by atoms with van der Waals surface area (Å²) >= 11 is 1.82. The van der Waals surface area contributed by atoms with Gasteiger partial charge in [0.25, 0.3) is 0 Å². The summed E-state index contributed by atoms with van der Waals surface area (Å²) in [6.07, 6.45) is 0.152. The van der Waals surface area contributed by atoms with Gasteiger partial charge in [0.05, 0.1) is 19.3 Å². The lowest BCUT2D eigenvalue weighted by molar-refractivity contribution is 0.000927. The predicted octanol–water partition coefficient (Wildman–Crippen LogP) is 3.05. The molecular weight excluding hydrogens is 246 g/mol. The number of methoxy groups -OCH3 is 1. The van der Waals surface area contributed by atoms with Gasteiger partial charge in [0, 0.05) is 23.4 Å². The third-order valence-electron chi connectivity index (χ3n) is 2.48. The van der Waals surface area contributed by atoms with Crippen LogP contribution in [0.15, 0.2) is 12.1 Å². The van der Waals surface area contributed by atoms with E-state index in [4.69, 9.17) is 9.47 Å². The summed E-state index contributed by atoms with van der Waals surface area (Å²) in [5.41, 5.74) is 0. The topological polar surface area (TPSA) is 30.5 Å². The Kier molecular flexibility index (Phi) is 7.51. The van der Waals surface area contributed by atoms with Crippen LogP contribution in [-0.2, 0) is 22.6 Å². The molecule has 1 N–H and O–H groups in total. The van der Waals surface area contributed by atoms with Gasteiger partial charge in [0.1, 0.15) is 0 Å². The van der Waals surface area contributed by atoms with Crippen LogP contribution in [0.5, 0.6) is 0 Å². The summed E-state index contributed by atoms with van der Waals surface area (Å²) in [6, 6.07) is 4.33. The van der Waals surface area contributed by atoms with Gasteiger partial charge in [0.15, 0.2) is 0 Å². The van der Waals surface area contributed by atoms with Gasteiger partial charge in [-0.2, -0.15) is 0 Å². The van der Waals surface area contributed by atoms with Crippen LogP contribution in [0.4, 0.5) is 0 Å². The number of nitrogens with one attached hydrogen (secondary N) is 1. The Hall–Kier alpha value is -0.420. The van der Waals surface area contributed by atoms with Crippen molar-refractivity contribution in [2.45, 2.75) is 40.0 Å². The number of hydrogen-bond acceptors (Lipinski definition) is 4. The van der Waals surface area contributed by atoms with Crippen LogP contribution in [0, 0.1) is 5.92 Å². The second-order valence-electron chi connectivity index (χ2n) is 4.97. The van der Waals surface area contributed by atoms with Crippen molar-refractivity contribution in [1.29, 1.82) is 0 Å². The van der Waals surface area contributed by atoms with Gasteiger partial charge in [-0.25, -0.2) is 0 Å². The van der Waals surface area contributed by atoms with E-state index in [2.05, 4.69) is 31.3 Å². The van der Waals surface area contributed by atoms with E-state index in [1.165, 1.54) is 9.75 Å². The highest BCUT2D eigenvalue weighted by atomic mass is 32.1. The van der Waals surface area contributed by atoms with E-state index in [1.54, 1.807) is 7.11 Å². The van der Waals surface area contributed by atoms with Crippen LogP contribution in [0.1, 0.15) is 30.5 Å². The summed E-state index contributed by atoms with van der Waals surface area (Å²) in [6.45, 7) is 9.82. The fourth-order valence-corrected chi connectivity index (χ4v) is 2.50. The molecule has 1 rings (SSSR count). The zero-order valence-corrected chi connectivity index (χ0v) is 12.7. The largest absolute Gasteiger partial charge is 0.382 e. The Morgan fingerprint density at radius 3 is 2.61 bits per heavy atom. The van der Waals surface area contributed by atoms with Crippen molar-refractivity contribution in [2.75, 3.05) is 20.3 Å². The van der Waals surface area contributed by atoms with Gasteiger partial charge < -0.3 is 14.8 Å². The normalized spacial score (nSPS) is 13.2. The minimum Gasteiger partial charge on any atom is -0.382 e. The average molecular weight is 271 g/mol. The van der Waals surface area contributed by atoms with Crippen molar-refractivity contribution in [3.63, 3.8) is 0 Å². The fourth-order valence-electron chi connectivity index (χ4n) is 1.59. The minimum atomic E-state index is 0.152. The smallest absolute Gasteiger partial charge is 0.0814 e. The zero-order chi connectivity index (χ0) is 13.4. The van der Waals surface area contributed by atoms with Crippen molar-refractivity contribution in [3.8, 4) is 0 Å². The average Bonchev–Trinajstić information content (AvgIpc) is 2.74. The SMILES string of the molecule is COCC(C)OCc1ccc(CNCC(C)C)s1. The molecule has 0 amide bonds. The zero-order valence-electron chi connectivity index (χ0n) is 11.9. The Bertz CT molecular complexity index is 325. The number of thiophene rings is 1. The first-order valence-electron chi connectivity index (χ1n) is 6.50. The second-order valence-corrected chi connectivity index (χ2v) is 6.22. The van der Waals surface area contributed by atoms with Crippen molar-refractivity contribution in [1.82, 2.24) is 5.32 Å². The van der Waals surface area contributed by atoms with Gasteiger partial charge in [-0.3, -0.25) is 0 Å². The standard InChI is InChI=1S/C14H25NO2S/c1-11(2)7-15-8-13-5-6-14(18-13)10-17-12(3)9-16-4/h5-6,11-12,15H,7-10H2,1-4H3. The second kappa shape index (κ2) is 8.64. The van der Waals surface area contributed by atoms with E-state index >= 15 is 0 Å². The van der Waals surface area contributed by atoms with Crippen LogP contribution >= 0.6 is 11.3 Å². The molecule has 0 aliphatic rings. The van der Waals surface area contributed by atoms with E-state index in [-0.39, 0.29) is 6.10 Å². The molecule has 0 aliphatic carbocycles. The summed E-state index contributed by atoms with van der Waals surface area (Å²) in [7, 11) is 1.70. The first-order valence-corrected chi connectivity index (χ1v) is 7.32. The Morgan fingerprint density at radius 1 is 1.22 bits per heavy atom. The quantitative estimate of drug-likeness (QED) is 0.749. The Labute approximate surface area is 114 Å². The van der Waals surface area contributed by atoms with Gasteiger partial charge in [-0.1, -0.05) is 13.8 Å². The van der Waals surface area contributed by atoms with E-state index in [0.717, 1.165) is 13.1 Å². The molecule has 1 unspecified atom stereocenters. The van der Waals surface area contributed by atoms with Gasteiger partial charge in [-0.15, -0.1) is 11.3 Å². The van der Waals surface area contributed by atoms with Crippen LogP contribution in [-0.4, -0.2) is 26.4 Å². The molecule has 0 radical (unpaired) electrons. The molecule has 0 aromatic carbocycles. The summed E-state index contributed by atoms with van der Waals surface area (Å²) in [5, 5.41) is 3.45. The first kappa shape index (κ1) is 15.6. The third-order valence-corrected chi connectivity index (χ3v) is 3.54. The van der Waals surface area contributed by atoms with Crippen LogP contribution in [0.3, 0.4) is 0 Å². The highest BCUT2D eigenvalue weighted by Gasteiger charge is 2.04. The molecule has 1 aromatic heterocycles. The van der Waals surface area contributed by atoms with E-state index in [0.29, 0.717) is 19.1 Å². The molecular formula is C14H25NO2S. The highest BCUT2D eigenvalue weighted by molar-refractivity contribution is 7.11. The monoisotopic (exact) mass is 271 g/mol. The molecule has 1 heterocycles. The van der Waals surface area contributed by atoms with Crippen LogP contribution in [0.2, 0.25) is 0 Å². The number of hydrogen-bond donors (Lipinski definition) is 1. The summed E-state index contributed by atoms with van der Waals surface area (Å²) < 4.78 is 10.7. The third kappa shape index (κ3) is 6.50. The van der Waals surface area contributed by atoms with Crippen molar-refractivity contribution in [2.24, 2.45) is 5.92 Å². The van der Waals surface area contributed by atoms with Crippen molar-refractivity contribution in [3.05, 3.63) is 21.9 Å². The molecule has 0 spiro atoms. The van der Waals surface area contributed by atoms with E-state index < -0.39 is 0 Å². The van der Waals surface area contributed by atoms with Crippen LogP contribution in [0.25, 0.3) is 0 Å². The maximum atomic E-state index is 5.69. The fraction of sp³-hybridized carbons (Fsp3) is 0.714. The van der Waals surface area contributed by atoms with Gasteiger partial charge in [-0.05, 0) is 31.5 Å². The van der Waals surface area contributed by atoms with Gasteiger partial charge in [0.2, 0.25) is 0 Å². The molecule has 4 heteroatoms. The highest BCUT2D eigenvalue weighted by Crippen LogP contribution is 2.17. The molecule has 0 saturated heterocycles. The molecule has 0 aliphatic heterocycles. The summed E-state index contributed by atoms with van der Waals surface area (Å²) in [4.78, 5) is 2.65. The summed E-state index contributed by atoms with van der Waals surface area (Å²) in [5.74, 6) is 0.697. The molecule has 1 atom stereocenters. The maximum absolute atomic E-state index is 5.69. The molecule has 1 aromatic rings. The molecule has 0 bridgehead atoms. The maximum Gasteiger partial charge on any atom is 0.0814 e. The Balaban J connectivity index is 2.25. The Morgan fingerprint density at radius 2 is 1.94 bits per heavy atom. The molecule has 3 nitrogen and oxygen atoms in total. The molecule has 18 heavy (non-hydrogen) atoms. The van der Waals surface area contributed by atoms with Crippen molar-refractivity contribution < 1.29 is 9.47 Å². The molecule has 104 valence electrons. The predicted molar refractivity (Wildman–Crippen MR) is 77.0 cm³/mol. The van der Waals surface area contributed by atoms with Gasteiger partial charge >= 0.3 is 0 Å².